The summed E-state index contributed by atoms with van der Waals surface area (Å²) in [6.07, 6.45) is 0. The molecule has 0 aliphatic rings. The van der Waals surface area contributed by atoms with E-state index in [0.29, 0.717) is 28.4 Å². The summed E-state index contributed by atoms with van der Waals surface area (Å²) in [7, 11) is 0. The standard InChI is InChI=1S/C24H21ClN4O3S/c1-17-26-27-24(29(17)20-13-11-19(25)12-14-20)33-23(15-28(30)31)21-9-5-6-10-22(21)32-16-18-7-3-2-4-8-18/h2-14,23H,15-16H2,1H3/t23-/m1/s1. The molecule has 0 saturated heterocycles. The van der Waals surface area contributed by atoms with Gasteiger partial charge in [-0.15, -0.1) is 10.2 Å². The molecule has 0 N–H and O–H groups in total. The summed E-state index contributed by atoms with van der Waals surface area (Å²) in [4.78, 5) is 11.2. The Morgan fingerprint density at radius 3 is 2.45 bits per heavy atom. The zero-order chi connectivity index (χ0) is 23.2. The number of rotatable bonds is 9. The molecule has 0 spiro atoms. The van der Waals surface area contributed by atoms with E-state index in [1.54, 1.807) is 12.1 Å². The van der Waals surface area contributed by atoms with E-state index in [4.69, 9.17) is 16.3 Å². The molecule has 1 heterocycles. The van der Waals surface area contributed by atoms with Crippen LogP contribution in [-0.2, 0) is 6.61 Å². The van der Waals surface area contributed by atoms with Crippen molar-refractivity contribution < 1.29 is 9.66 Å². The second-order valence-corrected chi connectivity index (χ2v) is 8.88. The third-order valence-electron chi connectivity index (χ3n) is 4.95. The predicted octanol–water partition coefficient (Wildman–Crippen LogP) is 5.92. The molecule has 0 fully saturated rings. The quantitative estimate of drug-likeness (QED) is 0.168. The predicted molar refractivity (Wildman–Crippen MR) is 129 cm³/mol. The van der Waals surface area contributed by atoms with Gasteiger partial charge in [0.2, 0.25) is 6.54 Å². The molecule has 0 aliphatic carbocycles. The minimum absolute atomic E-state index is 0.289. The molecule has 4 rings (SSSR count). The Hall–Kier alpha value is -3.36. The average Bonchev–Trinajstić information content (AvgIpc) is 3.18. The van der Waals surface area contributed by atoms with Gasteiger partial charge in [-0.05, 0) is 42.8 Å². The van der Waals surface area contributed by atoms with Crippen LogP contribution in [0.3, 0.4) is 0 Å². The number of aryl methyl sites for hydroxylation is 1. The molecule has 0 radical (unpaired) electrons. The van der Waals surface area contributed by atoms with Crippen LogP contribution in [0.4, 0.5) is 0 Å². The van der Waals surface area contributed by atoms with E-state index in [0.717, 1.165) is 16.8 Å². The zero-order valence-corrected chi connectivity index (χ0v) is 19.4. The van der Waals surface area contributed by atoms with Gasteiger partial charge < -0.3 is 4.74 Å². The summed E-state index contributed by atoms with van der Waals surface area (Å²) in [5, 5.41) is 20.7. The highest BCUT2D eigenvalue weighted by Crippen LogP contribution is 2.40. The van der Waals surface area contributed by atoms with Crippen LogP contribution in [0.25, 0.3) is 5.69 Å². The van der Waals surface area contributed by atoms with Gasteiger partial charge in [0.15, 0.2) is 5.16 Å². The molecule has 0 aliphatic heterocycles. The molecule has 1 aromatic heterocycles. The van der Waals surface area contributed by atoms with Crippen LogP contribution in [-0.4, -0.2) is 26.2 Å². The Labute approximate surface area is 200 Å². The molecule has 0 bridgehead atoms. The van der Waals surface area contributed by atoms with Crippen molar-refractivity contribution >= 4 is 23.4 Å². The fourth-order valence-electron chi connectivity index (χ4n) is 3.38. The van der Waals surface area contributed by atoms with Crippen LogP contribution in [0.15, 0.2) is 84.0 Å². The van der Waals surface area contributed by atoms with Gasteiger partial charge in [-0.2, -0.15) is 0 Å². The Bertz CT molecular complexity index is 1230. The molecular formula is C24H21ClN4O3S. The van der Waals surface area contributed by atoms with Crippen molar-refractivity contribution in [1.82, 2.24) is 14.8 Å². The van der Waals surface area contributed by atoms with E-state index in [2.05, 4.69) is 10.2 Å². The number of para-hydroxylation sites is 1. The second kappa shape index (κ2) is 10.5. The maximum Gasteiger partial charge on any atom is 0.220 e. The fraction of sp³-hybridized carbons (Fsp3) is 0.167. The van der Waals surface area contributed by atoms with E-state index in [1.807, 2.05) is 78.2 Å². The number of nitrogens with zero attached hydrogens (tertiary/aromatic N) is 4. The van der Waals surface area contributed by atoms with Crippen LogP contribution in [0.5, 0.6) is 5.75 Å². The number of ether oxygens (including phenoxy) is 1. The molecule has 168 valence electrons. The number of thioether (sulfide) groups is 1. The number of halogens is 1. The monoisotopic (exact) mass is 480 g/mol. The van der Waals surface area contributed by atoms with Crippen molar-refractivity contribution in [2.24, 2.45) is 0 Å². The van der Waals surface area contributed by atoms with E-state index in [9.17, 15) is 10.1 Å². The van der Waals surface area contributed by atoms with Gasteiger partial charge >= 0.3 is 0 Å². The molecule has 33 heavy (non-hydrogen) atoms. The van der Waals surface area contributed by atoms with Crippen LogP contribution in [0, 0.1) is 17.0 Å². The summed E-state index contributed by atoms with van der Waals surface area (Å²) < 4.78 is 7.93. The van der Waals surface area contributed by atoms with E-state index in [1.165, 1.54) is 11.8 Å². The minimum atomic E-state index is -0.526. The van der Waals surface area contributed by atoms with Gasteiger partial charge in [-0.25, -0.2) is 0 Å². The van der Waals surface area contributed by atoms with Gasteiger partial charge in [-0.3, -0.25) is 14.7 Å². The summed E-state index contributed by atoms with van der Waals surface area (Å²) in [5.41, 5.74) is 2.58. The lowest BCUT2D eigenvalue weighted by atomic mass is 10.1. The van der Waals surface area contributed by atoms with E-state index < -0.39 is 5.25 Å². The summed E-state index contributed by atoms with van der Waals surface area (Å²) in [6, 6.07) is 24.5. The normalized spacial score (nSPS) is 11.8. The van der Waals surface area contributed by atoms with Gasteiger partial charge in [0.1, 0.15) is 23.4 Å². The Morgan fingerprint density at radius 1 is 1.03 bits per heavy atom. The number of benzene rings is 3. The zero-order valence-electron chi connectivity index (χ0n) is 17.8. The highest BCUT2D eigenvalue weighted by atomic mass is 35.5. The lowest BCUT2D eigenvalue weighted by Gasteiger charge is -2.18. The van der Waals surface area contributed by atoms with Gasteiger partial charge in [0.05, 0.1) is 0 Å². The number of nitro groups is 1. The topological polar surface area (TPSA) is 83.1 Å². The van der Waals surface area contributed by atoms with E-state index >= 15 is 0 Å². The Morgan fingerprint density at radius 2 is 1.73 bits per heavy atom. The first-order valence-corrected chi connectivity index (χ1v) is 11.5. The third-order valence-corrected chi connectivity index (χ3v) is 6.36. The maximum absolute atomic E-state index is 11.6. The average molecular weight is 481 g/mol. The second-order valence-electron chi connectivity index (χ2n) is 7.28. The SMILES string of the molecule is Cc1nnc(S[C@H](C[N+](=O)[O-])c2ccccc2OCc2ccccc2)n1-c1ccc(Cl)cc1. The lowest BCUT2D eigenvalue weighted by Crippen LogP contribution is -2.12. The minimum Gasteiger partial charge on any atom is -0.489 e. The Balaban J connectivity index is 1.64. The number of aromatic nitrogens is 3. The Kier molecular flexibility index (Phi) is 7.26. The smallest absolute Gasteiger partial charge is 0.220 e. The van der Waals surface area contributed by atoms with Crippen molar-refractivity contribution in [3.05, 3.63) is 111 Å². The van der Waals surface area contributed by atoms with E-state index in [-0.39, 0.29) is 11.5 Å². The van der Waals surface area contributed by atoms with Crippen molar-refractivity contribution in [1.29, 1.82) is 0 Å². The van der Waals surface area contributed by atoms with Crippen molar-refractivity contribution in [3.8, 4) is 11.4 Å². The van der Waals surface area contributed by atoms with Crippen LogP contribution in [0.2, 0.25) is 5.02 Å². The summed E-state index contributed by atoms with van der Waals surface area (Å²) in [6.45, 7) is 1.92. The number of hydrogen-bond acceptors (Lipinski definition) is 6. The highest BCUT2D eigenvalue weighted by Gasteiger charge is 2.26. The largest absolute Gasteiger partial charge is 0.489 e. The van der Waals surface area contributed by atoms with Crippen molar-refractivity contribution in [3.63, 3.8) is 0 Å². The molecular weight excluding hydrogens is 460 g/mol. The van der Waals surface area contributed by atoms with Crippen molar-refractivity contribution in [2.75, 3.05) is 6.54 Å². The highest BCUT2D eigenvalue weighted by molar-refractivity contribution is 7.99. The first-order chi connectivity index (χ1) is 16.0. The third kappa shape index (κ3) is 5.71. The van der Waals surface area contributed by atoms with Gasteiger partial charge in [0.25, 0.3) is 0 Å². The molecule has 9 heteroatoms. The first kappa shape index (κ1) is 22.8. The molecule has 4 aromatic rings. The van der Waals surface area contributed by atoms with Crippen LogP contribution in [0.1, 0.15) is 22.2 Å². The summed E-state index contributed by atoms with van der Waals surface area (Å²) >= 11 is 7.32. The fourth-order valence-corrected chi connectivity index (χ4v) is 4.71. The molecule has 1 atom stereocenters. The molecule has 0 saturated carbocycles. The lowest BCUT2D eigenvalue weighted by molar-refractivity contribution is -0.479. The van der Waals surface area contributed by atoms with Crippen molar-refractivity contribution in [2.45, 2.75) is 23.9 Å². The van der Waals surface area contributed by atoms with Crippen LogP contribution >= 0.6 is 23.4 Å². The molecule has 3 aromatic carbocycles. The van der Waals surface area contributed by atoms with Gasteiger partial charge in [0, 0.05) is 21.2 Å². The molecule has 7 nitrogen and oxygen atoms in total. The summed E-state index contributed by atoms with van der Waals surface area (Å²) in [5.74, 6) is 1.28. The van der Waals surface area contributed by atoms with Crippen LogP contribution < -0.4 is 4.74 Å². The molecule has 0 unspecified atom stereocenters. The maximum atomic E-state index is 11.6. The first-order valence-electron chi connectivity index (χ1n) is 10.2. The van der Waals surface area contributed by atoms with Gasteiger partial charge in [-0.1, -0.05) is 71.9 Å². The number of hydrogen-bond donors (Lipinski definition) is 0. The molecule has 0 amide bonds.